The van der Waals surface area contributed by atoms with Gasteiger partial charge in [0.05, 0.1) is 10.4 Å². The van der Waals surface area contributed by atoms with Gasteiger partial charge in [-0.25, -0.2) is 0 Å². The number of furan rings is 1. The summed E-state index contributed by atoms with van der Waals surface area (Å²) in [6.07, 6.45) is 0.746. The average molecular weight is 292 g/mol. The van der Waals surface area contributed by atoms with Gasteiger partial charge in [0.1, 0.15) is 11.3 Å². The lowest BCUT2D eigenvalue weighted by Crippen LogP contribution is -2.11. The monoisotopic (exact) mass is 291 g/mol. The van der Waals surface area contributed by atoms with Crippen molar-refractivity contribution in [2.45, 2.75) is 19.4 Å². The second-order valence-electron chi connectivity index (χ2n) is 4.71. The predicted molar refractivity (Wildman–Crippen MR) is 80.9 cm³/mol. The topological polar surface area (TPSA) is 39.2 Å². The third kappa shape index (κ3) is 2.68. The largest absolute Gasteiger partial charge is 0.459 e. The van der Waals surface area contributed by atoms with Crippen molar-refractivity contribution in [2.75, 3.05) is 0 Å². The molecule has 3 aromatic rings. The molecule has 0 bridgehead atoms. The van der Waals surface area contributed by atoms with Gasteiger partial charge in [0.2, 0.25) is 0 Å². The van der Waals surface area contributed by atoms with Gasteiger partial charge in [-0.3, -0.25) is 0 Å². The normalized spacial score (nSPS) is 13.0. The number of benzene rings is 1. The molecule has 0 aliphatic carbocycles. The van der Waals surface area contributed by atoms with Crippen LogP contribution in [-0.4, -0.2) is 0 Å². The summed E-state index contributed by atoms with van der Waals surface area (Å²) in [6, 6.07) is 11.9. The number of hydrogen-bond donors (Lipinski definition) is 1. The molecule has 4 heteroatoms. The first-order chi connectivity index (χ1) is 9.11. The van der Waals surface area contributed by atoms with Crippen molar-refractivity contribution in [3.8, 4) is 0 Å². The van der Waals surface area contributed by atoms with Gasteiger partial charge >= 0.3 is 0 Å². The summed E-state index contributed by atoms with van der Waals surface area (Å²) in [6.45, 7) is 2.07. The Morgan fingerprint density at radius 3 is 2.84 bits per heavy atom. The van der Waals surface area contributed by atoms with E-state index in [2.05, 4.69) is 13.0 Å². The quantitative estimate of drug-likeness (QED) is 0.760. The van der Waals surface area contributed by atoms with E-state index in [0.717, 1.165) is 27.5 Å². The zero-order valence-electron chi connectivity index (χ0n) is 10.5. The van der Waals surface area contributed by atoms with Gasteiger partial charge in [-0.2, -0.15) is 0 Å². The van der Waals surface area contributed by atoms with Gasteiger partial charge in [0.25, 0.3) is 0 Å². The number of halogens is 1. The van der Waals surface area contributed by atoms with Gasteiger partial charge in [-0.1, -0.05) is 23.2 Å². The van der Waals surface area contributed by atoms with Crippen molar-refractivity contribution in [1.82, 2.24) is 0 Å². The first-order valence-corrected chi connectivity index (χ1v) is 7.31. The summed E-state index contributed by atoms with van der Waals surface area (Å²) < 4.78 is 6.60. The number of nitrogens with two attached hydrogens (primary N) is 1. The van der Waals surface area contributed by atoms with E-state index < -0.39 is 0 Å². The minimum atomic E-state index is -0.137. The number of thiophene rings is 1. The summed E-state index contributed by atoms with van der Waals surface area (Å²) >= 11 is 7.49. The molecule has 0 amide bonds. The molecule has 2 nitrogen and oxygen atoms in total. The van der Waals surface area contributed by atoms with Crippen LogP contribution in [0.3, 0.4) is 0 Å². The fourth-order valence-corrected chi connectivity index (χ4v) is 3.29. The molecule has 0 fully saturated rings. The Hall–Kier alpha value is -1.29. The van der Waals surface area contributed by atoms with E-state index in [1.165, 1.54) is 10.4 Å². The molecule has 0 saturated carbocycles. The number of hydrogen-bond acceptors (Lipinski definition) is 3. The molecule has 0 aliphatic rings. The van der Waals surface area contributed by atoms with Crippen molar-refractivity contribution in [3.63, 3.8) is 0 Å². The molecule has 1 aromatic carbocycles. The van der Waals surface area contributed by atoms with E-state index in [-0.39, 0.29) is 6.04 Å². The van der Waals surface area contributed by atoms with Gasteiger partial charge in [-0.15, -0.1) is 11.3 Å². The van der Waals surface area contributed by atoms with E-state index in [4.69, 9.17) is 21.8 Å². The molecule has 0 spiro atoms. The van der Waals surface area contributed by atoms with Crippen LogP contribution in [0.2, 0.25) is 4.34 Å². The maximum Gasteiger partial charge on any atom is 0.134 e. The number of rotatable bonds is 3. The summed E-state index contributed by atoms with van der Waals surface area (Å²) in [5, 5.41) is 1.11. The van der Waals surface area contributed by atoms with Crippen LogP contribution in [0.1, 0.15) is 22.2 Å². The SMILES string of the molecule is Cc1ccc2oc(C(N)Cc3ccc(Cl)s3)cc2c1. The predicted octanol–water partition coefficient (Wildman–Crippen LogP) is 4.70. The summed E-state index contributed by atoms with van der Waals surface area (Å²) in [4.78, 5) is 1.18. The van der Waals surface area contributed by atoms with E-state index >= 15 is 0 Å². The molecule has 19 heavy (non-hydrogen) atoms. The zero-order chi connectivity index (χ0) is 13.4. The molecule has 0 radical (unpaired) electrons. The van der Waals surface area contributed by atoms with Crippen LogP contribution in [0.25, 0.3) is 11.0 Å². The van der Waals surface area contributed by atoms with Crippen molar-refractivity contribution in [1.29, 1.82) is 0 Å². The lowest BCUT2D eigenvalue weighted by atomic mass is 10.1. The van der Waals surface area contributed by atoms with Crippen LogP contribution >= 0.6 is 22.9 Å². The lowest BCUT2D eigenvalue weighted by Gasteiger charge is -2.06. The van der Waals surface area contributed by atoms with Crippen LogP contribution < -0.4 is 5.73 Å². The highest BCUT2D eigenvalue weighted by molar-refractivity contribution is 7.16. The van der Waals surface area contributed by atoms with E-state index in [1.807, 2.05) is 30.3 Å². The van der Waals surface area contributed by atoms with Crippen LogP contribution in [-0.2, 0) is 6.42 Å². The molecule has 1 unspecified atom stereocenters. The molecule has 1 atom stereocenters. The molecule has 98 valence electrons. The minimum Gasteiger partial charge on any atom is -0.459 e. The molecular formula is C15H14ClNOS. The van der Waals surface area contributed by atoms with Crippen LogP contribution in [0, 0.1) is 6.92 Å². The van der Waals surface area contributed by atoms with E-state index in [1.54, 1.807) is 11.3 Å². The highest BCUT2D eigenvalue weighted by Crippen LogP contribution is 2.28. The summed E-state index contributed by atoms with van der Waals surface area (Å²) in [5.41, 5.74) is 8.32. The average Bonchev–Trinajstić information content (AvgIpc) is 2.95. The van der Waals surface area contributed by atoms with Gasteiger partial charge in [0.15, 0.2) is 0 Å². The van der Waals surface area contributed by atoms with E-state index in [9.17, 15) is 0 Å². The summed E-state index contributed by atoms with van der Waals surface area (Å²) in [7, 11) is 0. The smallest absolute Gasteiger partial charge is 0.134 e. The second kappa shape index (κ2) is 5.00. The number of fused-ring (bicyclic) bond motifs is 1. The summed E-state index contributed by atoms with van der Waals surface area (Å²) in [5.74, 6) is 0.824. The fraction of sp³-hybridized carbons (Fsp3) is 0.200. The van der Waals surface area contributed by atoms with Crippen molar-refractivity contribution in [2.24, 2.45) is 5.73 Å². The minimum absolute atomic E-state index is 0.137. The maximum atomic E-state index is 6.21. The first-order valence-electron chi connectivity index (χ1n) is 6.12. The van der Waals surface area contributed by atoms with Gasteiger partial charge in [0, 0.05) is 16.7 Å². The third-order valence-corrected chi connectivity index (χ3v) is 4.36. The Morgan fingerprint density at radius 2 is 2.11 bits per heavy atom. The standard InChI is InChI=1S/C15H14ClNOS/c1-9-2-4-13-10(6-9)7-14(18-13)12(17)8-11-3-5-15(16)19-11/h2-7,12H,8,17H2,1H3. The maximum absolute atomic E-state index is 6.21. The molecule has 0 aliphatic heterocycles. The first kappa shape index (κ1) is 12.7. The van der Waals surface area contributed by atoms with Crippen LogP contribution in [0.5, 0.6) is 0 Å². The highest BCUT2D eigenvalue weighted by atomic mass is 35.5. The fourth-order valence-electron chi connectivity index (χ4n) is 2.14. The van der Waals surface area contributed by atoms with E-state index in [0.29, 0.717) is 0 Å². The molecule has 2 heterocycles. The molecule has 3 rings (SSSR count). The molecule has 0 saturated heterocycles. The molecular weight excluding hydrogens is 278 g/mol. The highest BCUT2D eigenvalue weighted by Gasteiger charge is 2.14. The Morgan fingerprint density at radius 1 is 1.26 bits per heavy atom. The second-order valence-corrected chi connectivity index (χ2v) is 6.51. The lowest BCUT2D eigenvalue weighted by molar-refractivity contribution is 0.495. The van der Waals surface area contributed by atoms with Crippen LogP contribution in [0.15, 0.2) is 40.8 Å². The molecule has 2 N–H and O–H groups in total. The third-order valence-electron chi connectivity index (χ3n) is 3.11. The zero-order valence-corrected chi connectivity index (χ0v) is 12.1. The van der Waals surface area contributed by atoms with Crippen molar-refractivity contribution >= 4 is 33.9 Å². The Bertz CT molecular complexity index is 716. The van der Waals surface area contributed by atoms with Gasteiger partial charge in [-0.05, 0) is 37.3 Å². The Labute approximate surface area is 120 Å². The van der Waals surface area contributed by atoms with Gasteiger partial charge < -0.3 is 10.2 Å². The Kier molecular flexibility index (Phi) is 3.35. The van der Waals surface area contributed by atoms with Crippen molar-refractivity contribution in [3.05, 3.63) is 56.9 Å². The van der Waals surface area contributed by atoms with Crippen molar-refractivity contribution < 1.29 is 4.42 Å². The number of aryl methyl sites for hydroxylation is 1. The Balaban J connectivity index is 1.86. The van der Waals surface area contributed by atoms with Crippen LogP contribution in [0.4, 0.5) is 0 Å². The molecule has 2 aromatic heterocycles.